The lowest BCUT2D eigenvalue weighted by Crippen LogP contribution is -2.27. The van der Waals surface area contributed by atoms with Crippen molar-refractivity contribution in [1.82, 2.24) is 5.32 Å². The molecule has 1 aliphatic rings. The smallest absolute Gasteiger partial charge is 0.126 e. The quantitative estimate of drug-likeness (QED) is 0.851. The first-order valence-corrected chi connectivity index (χ1v) is 6.31. The zero-order chi connectivity index (χ0) is 12.3. The van der Waals surface area contributed by atoms with Crippen molar-refractivity contribution in [1.29, 1.82) is 0 Å². The van der Waals surface area contributed by atoms with E-state index in [-0.39, 0.29) is 0 Å². The number of hydrogen-bond donors (Lipinski definition) is 1. The monoisotopic (exact) mass is 239 g/mol. The molecule has 1 aliphatic carbocycles. The lowest BCUT2D eigenvalue weighted by molar-refractivity contribution is 0.300. The maximum absolute atomic E-state index is 13.2. The van der Waals surface area contributed by atoms with Crippen LogP contribution in [0.3, 0.4) is 0 Å². The molecule has 1 N–H and O–H groups in total. The fourth-order valence-corrected chi connectivity index (χ4v) is 2.94. The average molecular weight is 239 g/mol. The molecular formula is C14H19F2N. The van der Waals surface area contributed by atoms with Crippen molar-refractivity contribution in [2.24, 2.45) is 5.92 Å². The van der Waals surface area contributed by atoms with Crippen LogP contribution in [0.1, 0.15) is 37.2 Å². The van der Waals surface area contributed by atoms with Gasteiger partial charge in [-0.25, -0.2) is 8.78 Å². The zero-order valence-electron chi connectivity index (χ0n) is 10.2. The minimum Gasteiger partial charge on any atom is -0.319 e. The van der Waals surface area contributed by atoms with Crippen LogP contribution in [0.25, 0.3) is 0 Å². The number of halogens is 2. The lowest BCUT2D eigenvalue weighted by atomic mass is 9.75. The van der Waals surface area contributed by atoms with Gasteiger partial charge in [-0.2, -0.15) is 0 Å². The molecule has 0 amide bonds. The van der Waals surface area contributed by atoms with Crippen LogP contribution < -0.4 is 5.32 Å². The van der Waals surface area contributed by atoms with Gasteiger partial charge in [0.1, 0.15) is 11.6 Å². The molecule has 0 aliphatic heterocycles. The van der Waals surface area contributed by atoms with Crippen molar-refractivity contribution in [3.63, 3.8) is 0 Å². The van der Waals surface area contributed by atoms with E-state index in [1.165, 1.54) is 18.6 Å². The Hall–Kier alpha value is -0.960. The summed E-state index contributed by atoms with van der Waals surface area (Å²) < 4.78 is 26.5. The summed E-state index contributed by atoms with van der Waals surface area (Å²) in [5.41, 5.74) is 0.822. The van der Waals surface area contributed by atoms with Gasteiger partial charge in [0.15, 0.2) is 0 Å². The first-order chi connectivity index (χ1) is 8.20. The van der Waals surface area contributed by atoms with E-state index in [1.807, 2.05) is 7.05 Å². The van der Waals surface area contributed by atoms with Gasteiger partial charge in [0, 0.05) is 6.07 Å². The van der Waals surface area contributed by atoms with Crippen molar-refractivity contribution in [2.75, 3.05) is 13.6 Å². The highest BCUT2D eigenvalue weighted by atomic mass is 19.1. The molecule has 0 spiro atoms. The standard InChI is InChI=1S/C14H19F2N/c1-17-9-10-4-2-3-5-14(10)11-6-12(15)8-13(16)7-11/h6-8,10,14,17H,2-5,9H2,1H3. The van der Waals surface area contributed by atoms with Gasteiger partial charge in [-0.15, -0.1) is 0 Å². The number of hydrogen-bond acceptors (Lipinski definition) is 1. The number of rotatable bonds is 3. The zero-order valence-corrected chi connectivity index (χ0v) is 10.2. The van der Waals surface area contributed by atoms with Crippen molar-refractivity contribution < 1.29 is 8.78 Å². The van der Waals surface area contributed by atoms with Gasteiger partial charge >= 0.3 is 0 Å². The lowest BCUT2D eigenvalue weighted by Gasteiger charge is -2.32. The van der Waals surface area contributed by atoms with Crippen molar-refractivity contribution in [3.05, 3.63) is 35.4 Å². The predicted octanol–water partition coefficient (Wildman–Crippen LogP) is 3.46. The Bertz CT molecular complexity index is 356. The number of benzene rings is 1. The molecule has 1 aromatic carbocycles. The van der Waals surface area contributed by atoms with E-state index in [0.29, 0.717) is 11.8 Å². The van der Waals surface area contributed by atoms with E-state index in [1.54, 1.807) is 0 Å². The molecule has 0 radical (unpaired) electrons. The SMILES string of the molecule is CNCC1CCCCC1c1cc(F)cc(F)c1. The van der Waals surface area contributed by atoms with Crippen LogP contribution in [-0.2, 0) is 0 Å². The Labute approximate surface area is 101 Å². The van der Waals surface area contributed by atoms with Crippen LogP contribution >= 0.6 is 0 Å². The first kappa shape index (κ1) is 12.5. The Morgan fingerprint density at radius 2 is 1.76 bits per heavy atom. The van der Waals surface area contributed by atoms with Gasteiger partial charge < -0.3 is 5.32 Å². The van der Waals surface area contributed by atoms with Gasteiger partial charge in [-0.1, -0.05) is 12.8 Å². The van der Waals surface area contributed by atoms with Crippen LogP contribution in [0.2, 0.25) is 0 Å². The third kappa shape index (κ3) is 3.03. The molecule has 1 fully saturated rings. The summed E-state index contributed by atoms with van der Waals surface area (Å²) in [5, 5.41) is 3.18. The normalized spacial score (nSPS) is 24.9. The maximum atomic E-state index is 13.2. The van der Waals surface area contributed by atoms with E-state index in [2.05, 4.69) is 5.32 Å². The van der Waals surface area contributed by atoms with Gasteiger partial charge in [-0.3, -0.25) is 0 Å². The fraction of sp³-hybridized carbons (Fsp3) is 0.571. The largest absolute Gasteiger partial charge is 0.319 e. The van der Waals surface area contributed by atoms with Gasteiger partial charge in [0.05, 0.1) is 0 Å². The molecule has 1 saturated carbocycles. The molecule has 1 aromatic rings. The van der Waals surface area contributed by atoms with Gasteiger partial charge in [0.25, 0.3) is 0 Å². The summed E-state index contributed by atoms with van der Waals surface area (Å²) in [4.78, 5) is 0. The third-order valence-electron chi connectivity index (χ3n) is 3.69. The maximum Gasteiger partial charge on any atom is 0.126 e. The highest BCUT2D eigenvalue weighted by molar-refractivity contribution is 5.23. The predicted molar refractivity (Wildman–Crippen MR) is 65.0 cm³/mol. The Balaban J connectivity index is 2.22. The highest BCUT2D eigenvalue weighted by Crippen LogP contribution is 2.37. The summed E-state index contributed by atoms with van der Waals surface area (Å²) in [7, 11) is 1.93. The molecule has 2 unspecified atom stereocenters. The molecule has 2 rings (SSSR count). The Kier molecular flexibility index (Phi) is 4.11. The molecule has 1 nitrogen and oxygen atoms in total. The summed E-state index contributed by atoms with van der Waals surface area (Å²) in [5.74, 6) is -0.140. The second kappa shape index (κ2) is 5.58. The summed E-state index contributed by atoms with van der Waals surface area (Å²) in [6, 6.07) is 3.92. The third-order valence-corrected chi connectivity index (χ3v) is 3.69. The van der Waals surface area contributed by atoms with Crippen LogP contribution in [-0.4, -0.2) is 13.6 Å². The second-order valence-corrected chi connectivity index (χ2v) is 4.91. The van der Waals surface area contributed by atoms with Crippen molar-refractivity contribution in [3.8, 4) is 0 Å². The van der Waals surface area contributed by atoms with E-state index in [0.717, 1.165) is 37.4 Å². The molecule has 0 saturated heterocycles. The Morgan fingerprint density at radius 3 is 2.41 bits per heavy atom. The second-order valence-electron chi connectivity index (χ2n) is 4.91. The number of nitrogens with one attached hydrogen (secondary N) is 1. The summed E-state index contributed by atoms with van der Waals surface area (Å²) >= 11 is 0. The summed E-state index contributed by atoms with van der Waals surface area (Å²) in [6.07, 6.45) is 4.56. The minimum atomic E-state index is -0.464. The topological polar surface area (TPSA) is 12.0 Å². The minimum absolute atomic E-state index is 0.293. The van der Waals surface area contributed by atoms with E-state index < -0.39 is 11.6 Å². The molecule has 94 valence electrons. The Morgan fingerprint density at radius 1 is 1.12 bits per heavy atom. The van der Waals surface area contributed by atoms with E-state index in [4.69, 9.17) is 0 Å². The first-order valence-electron chi connectivity index (χ1n) is 6.31. The van der Waals surface area contributed by atoms with Gasteiger partial charge in [0.2, 0.25) is 0 Å². The van der Waals surface area contributed by atoms with Crippen LogP contribution in [0.5, 0.6) is 0 Å². The van der Waals surface area contributed by atoms with E-state index in [9.17, 15) is 8.78 Å². The molecule has 0 heterocycles. The highest BCUT2D eigenvalue weighted by Gasteiger charge is 2.26. The summed E-state index contributed by atoms with van der Waals surface area (Å²) in [6.45, 7) is 0.919. The fourth-order valence-electron chi connectivity index (χ4n) is 2.94. The van der Waals surface area contributed by atoms with Crippen LogP contribution in [0.4, 0.5) is 8.78 Å². The van der Waals surface area contributed by atoms with Crippen LogP contribution in [0.15, 0.2) is 18.2 Å². The molecular weight excluding hydrogens is 220 g/mol. The molecule has 0 bridgehead atoms. The van der Waals surface area contributed by atoms with Crippen LogP contribution in [0, 0.1) is 17.6 Å². The average Bonchev–Trinajstić information content (AvgIpc) is 2.29. The molecule has 3 heteroatoms. The molecule has 2 atom stereocenters. The van der Waals surface area contributed by atoms with Crippen molar-refractivity contribution in [2.45, 2.75) is 31.6 Å². The van der Waals surface area contributed by atoms with E-state index >= 15 is 0 Å². The van der Waals surface area contributed by atoms with Crippen molar-refractivity contribution >= 4 is 0 Å². The molecule has 17 heavy (non-hydrogen) atoms. The molecule has 0 aromatic heterocycles. The van der Waals surface area contributed by atoms with Gasteiger partial charge in [-0.05, 0) is 56.0 Å².